The van der Waals surface area contributed by atoms with Gasteiger partial charge in [0.15, 0.2) is 0 Å². The molecule has 2 N–H and O–H groups in total. The van der Waals surface area contributed by atoms with Crippen molar-refractivity contribution in [2.75, 3.05) is 5.32 Å². The van der Waals surface area contributed by atoms with Crippen molar-refractivity contribution in [3.63, 3.8) is 0 Å². The molecule has 0 saturated heterocycles. The summed E-state index contributed by atoms with van der Waals surface area (Å²) in [5.41, 5.74) is 2.39. The smallest absolute Gasteiger partial charge is 0.222 e. The van der Waals surface area contributed by atoms with E-state index in [4.69, 9.17) is 23.2 Å². The number of carbonyl (C=O) groups is 1. The molecule has 1 aliphatic rings. The predicted molar refractivity (Wildman–Crippen MR) is 90.8 cm³/mol. The summed E-state index contributed by atoms with van der Waals surface area (Å²) >= 11 is 12.3. The van der Waals surface area contributed by atoms with Gasteiger partial charge in [-0.2, -0.15) is 0 Å². The third kappa shape index (κ3) is 2.75. The first kappa shape index (κ1) is 15.4. The maximum atomic E-state index is 11.1. The molecule has 2 atom stereocenters. The van der Waals surface area contributed by atoms with Crippen molar-refractivity contribution in [3.05, 3.63) is 51.6 Å². The largest absolute Gasteiger partial charge is 0.345 e. The van der Waals surface area contributed by atoms with Gasteiger partial charge in [0, 0.05) is 28.6 Å². The van der Waals surface area contributed by atoms with Crippen molar-refractivity contribution >= 4 is 34.9 Å². The zero-order chi connectivity index (χ0) is 16.1. The Labute approximate surface area is 140 Å². The molecule has 0 bridgehead atoms. The van der Waals surface area contributed by atoms with Gasteiger partial charge in [0.1, 0.15) is 5.82 Å². The van der Waals surface area contributed by atoms with Gasteiger partial charge in [-0.25, -0.2) is 0 Å². The monoisotopic (exact) mass is 336 g/mol. The minimum Gasteiger partial charge on any atom is -0.345 e. The summed E-state index contributed by atoms with van der Waals surface area (Å²) in [6.07, 6.45) is 0. The second kappa shape index (κ2) is 5.32. The standard InChI is InChI=1S/C17H18Cl2N2O/c1-9(22)20-14-5-4-13(21-14)16-15(17(16,2)3)10-6-11(18)8-12(19)7-10/h4-8,15-16,21H,1-3H3,(H,20,22). The van der Waals surface area contributed by atoms with Crippen LogP contribution < -0.4 is 5.32 Å². The summed E-state index contributed by atoms with van der Waals surface area (Å²) < 4.78 is 0. The van der Waals surface area contributed by atoms with Crippen LogP contribution in [0, 0.1) is 5.41 Å². The van der Waals surface area contributed by atoms with E-state index in [1.54, 1.807) is 6.07 Å². The van der Waals surface area contributed by atoms with Crippen molar-refractivity contribution in [3.8, 4) is 0 Å². The number of hydrogen-bond acceptors (Lipinski definition) is 1. The molecule has 1 amide bonds. The number of anilines is 1. The van der Waals surface area contributed by atoms with Gasteiger partial charge in [-0.3, -0.25) is 4.79 Å². The first-order valence-electron chi connectivity index (χ1n) is 7.21. The molecule has 116 valence electrons. The lowest BCUT2D eigenvalue weighted by atomic mass is 10.0. The van der Waals surface area contributed by atoms with E-state index in [1.807, 2.05) is 24.3 Å². The van der Waals surface area contributed by atoms with E-state index < -0.39 is 0 Å². The van der Waals surface area contributed by atoms with E-state index in [1.165, 1.54) is 6.92 Å². The van der Waals surface area contributed by atoms with E-state index >= 15 is 0 Å². The molecule has 22 heavy (non-hydrogen) atoms. The molecule has 1 aromatic carbocycles. The normalized spacial score (nSPS) is 22.4. The van der Waals surface area contributed by atoms with Gasteiger partial charge in [0.2, 0.25) is 5.91 Å². The second-order valence-corrected chi connectivity index (χ2v) is 7.36. The highest BCUT2D eigenvalue weighted by atomic mass is 35.5. The fourth-order valence-corrected chi connectivity index (χ4v) is 3.99. The molecule has 2 unspecified atom stereocenters. The summed E-state index contributed by atoms with van der Waals surface area (Å²) in [5.74, 6) is 1.35. The molecular formula is C17H18Cl2N2O. The molecule has 1 aliphatic carbocycles. The van der Waals surface area contributed by atoms with Gasteiger partial charge in [-0.15, -0.1) is 0 Å². The number of carbonyl (C=O) groups excluding carboxylic acids is 1. The van der Waals surface area contributed by atoms with Crippen molar-refractivity contribution in [2.24, 2.45) is 5.41 Å². The Morgan fingerprint density at radius 2 is 1.77 bits per heavy atom. The van der Waals surface area contributed by atoms with Crippen LogP contribution in [0.1, 0.15) is 43.9 Å². The van der Waals surface area contributed by atoms with Gasteiger partial charge in [0.05, 0.1) is 0 Å². The van der Waals surface area contributed by atoms with Gasteiger partial charge < -0.3 is 10.3 Å². The van der Waals surface area contributed by atoms with Gasteiger partial charge in [-0.1, -0.05) is 37.0 Å². The van der Waals surface area contributed by atoms with E-state index in [0.717, 1.165) is 17.1 Å². The Morgan fingerprint density at radius 3 is 2.36 bits per heavy atom. The lowest BCUT2D eigenvalue weighted by Crippen LogP contribution is -2.05. The van der Waals surface area contributed by atoms with E-state index in [0.29, 0.717) is 21.9 Å². The van der Waals surface area contributed by atoms with Crippen LogP contribution in [0.3, 0.4) is 0 Å². The molecule has 5 heteroatoms. The quantitative estimate of drug-likeness (QED) is 0.796. The summed E-state index contributed by atoms with van der Waals surface area (Å²) in [7, 11) is 0. The molecule has 1 saturated carbocycles. The maximum absolute atomic E-state index is 11.1. The molecule has 3 rings (SSSR count). The highest BCUT2D eigenvalue weighted by Crippen LogP contribution is 2.69. The maximum Gasteiger partial charge on any atom is 0.222 e. The van der Waals surface area contributed by atoms with E-state index in [-0.39, 0.29) is 11.3 Å². The summed E-state index contributed by atoms with van der Waals surface area (Å²) in [6, 6.07) is 9.65. The lowest BCUT2D eigenvalue weighted by molar-refractivity contribution is -0.114. The highest BCUT2D eigenvalue weighted by molar-refractivity contribution is 6.34. The van der Waals surface area contributed by atoms with Gasteiger partial charge >= 0.3 is 0 Å². The number of hydrogen-bond donors (Lipinski definition) is 2. The number of aromatic amines is 1. The van der Waals surface area contributed by atoms with E-state index in [2.05, 4.69) is 24.1 Å². The summed E-state index contributed by atoms with van der Waals surface area (Å²) in [5, 5.41) is 4.09. The van der Waals surface area contributed by atoms with Crippen LogP contribution in [0.15, 0.2) is 30.3 Å². The molecule has 3 nitrogen and oxygen atoms in total. The molecule has 0 aliphatic heterocycles. The Kier molecular flexibility index (Phi) is 3.74. The average Bonchev–Trinajstić information content (AvgIpc) is 2.73. The topological polar surface area (TPSA) is 44.9 Å². The van der Waals surface area contributed by atoms with Gasteiger partial charge in [-0.05, 0) is 47.2 Å². The zero-order valence-electron chi connectivity index (χ0n) is 12.7. The lowest BCUT2D eigenvalue weighted by Gasteiger charge is -2.04. The van der Waals surface area contributed by atoms with Crippen molar-refractivity contribution < 1.29 is 4.79 Å². The Balaban J connectivity index is 1.89. The Morgan fingerprint density at radius 1 is 1.14 bits per heavy atom. The van der Waals surface area contributed by atoms with Crippen LogP contribution in [0.2, 0.25) is 10.0 Å². The molecule has 1 heterocycles. The van der Waals surface area contributed by atoms with E-state index in [9.17, 15) is 4.79 Å². The number of benzene rings is 1. The number of H-pyrrole nitrogens is 1. The first-order chi connectivity index (χ1) is 10.3. The Bertz CT molecular complexity index is 716. The fraction of sp³-hybridized carbons (Fsp3) is 0.353. The van der Waals surface area contributed by atoms with Crippen LogP contribution in [-0.2, 0) is 4.79 Å². The third-order valence-electron chi connectivity index (χ3n) is 4.43. The number of halogens is 2. The zero-order valence-corrected chi connectivity index (χ0v) is 14.2. The van der Waals surface area contributed by atoms with Crippen LogP contribution in [0.5, 0.6) is 0 Å². The number of nitrogens with one attached hydrogen (secondary N) is 2. The van der Waals surface area contributed by atoms with Crippen molar-refractivity contribution in [1.29, 1.82) is 0 Å². The van der Waals surface area contributed by atoms with Crippen molar-refractivity contribution in [2.45, 2.75) is 32.6 Å². The Hall–Kier alpha value is -1.45. The average molecular weight is 337 g/mol. The minimum atomic E-state index is -0.0818. The van der Waals surface area contributed by atoms with Crippen molar-refractivity contribution in [1.82, 2.24) is 4.98 Å². The molecule has 1 fully saturated rings. The molecule has 0 radical (unpaired) electrons. The first-order valence-corrected chi connectivity index (χ1v) is 7.97. The predicted octanol–water partition coefficient (Wildman–Crippen LogP) is 5.19. The SMILES string of the molecule is CC(=O)Nc1ccc(C2C(c3cc(Cl)cc(Cl)c3)C2(C)C)[nH]1. The third-order valence-corrected chi connectivity index (χ3v) is 4.86. The number of amides is 1. The number of aromatic nitrogens is 1. The summed E-state index contributed by atoms with van der Waals surface area (Å²) in [6.45, 7) is 5.96. The highest BCUT2D eigenvalue weighted by Gasteiger charge is 2.59. The van der Waals surface area contributed by atoms with Crippen LogP contribution in [0.25, 0.3) is 0 Å². The molecule has 0 spiro atoms. The minimum absolute atomic E-state index is 0.0818. The summed E-state index contributed by atoms with van der Waals surface area (Å²) in [4.78, 5) is 14.4. The van der Waals surface area contributed by atoms with Crippen LogP contribution in [-0.4, -0.2) is 10.9 Å². The van der Waals surface area contributed by atoms with Crippen LogP contribution >= 0.6 is 23.2 Å². The molecule has 1 aromatic heterocycles. The fourth-order valence-electron chi connectivity index (χ4n) is 3.45. The molecular weight excluding hydrogens is 319 g/mol. The van der Waals surface area contributed by atoms with Gasteiger partial charge in [0.25, 0.3) is 0 Å². The second-order valence-electron chi connectivity index (χ2n) is 6.49. The number of rotatable bonds is 3. The van der Waals surface area contributed by atoms with Crippen LogP contribution in [0.4, 0.5) is 5.82 Å². The molecule has 2 aromatic rings.